The van der Waals surface area contributed by atoms with E-state index in [4.69, 9.17) is 5.26 Å². The molecule has 0 heterocycles. The summed E-state index contributed by atoms with van der Waals surface area (Å²) in [5.74, 6) is -1.24. The molecule has 1 aliphatic rings. The van der Waals surface area contributed by atoms with Gasteiger partial charge in [0.2, 0.25) is 5.91 Å². The first-order valence-electron chi connectivity index (χ1n) is 7.37. The highest BCUT2D eigenvalue weighted by Gasteiger charge is 2.47. The van der Waals surface area contributed by atoms with E-state index in [9.17, 15) is 18.0 Å². The minimum absolute atomic E-state index is 0.163. The van der Waals surface area contributed by atoms with Gasteiger partial charge >= 0.3 is 6.18 Å². The number of carbonyl (C=O) groups is 1. The molecule has 2 atom stereocenters. The number of rotatable bonds is 3. The van der Waals surface area contributed by atoms with Crippen LogP contribution in [0, 0.1) is 17.2 Å². The van der Waals surface area contributed by atoms with Crippen LogP contribution in [0.3, 0.4) is 0 Å². The second-order valence-corrected chi connectivity index (χ2v) is 5.72. The third kappa shape index (κ3) is 3.25. The van der Waals surface area contributed by atoms with Gasteiger partial charge in [-0.1, -0.05) is 24.3 Å². The van der Waals surface area contributed by atoms with E-state index in [1.165, 1.54) is 18.2 Å². The molecule has 1 amide bonds. The summed E-state index contributed by atoms with van der Waals surface area (Å²) in [6.45, 7) is 0. The van der Waals surface area contributed by atoms with Gasteiger partial charge < -0.3 is 5.32 Å². The van der Waals surface area contributed by atoms with E-state index in [1.54, 1.807) is 24.3 Å². The minimum Gasteiger partial charge on any atom is -0.326 e. The molecule has 2 aromatic rings. The van der Waals surface area contributed by atoms with Crippen LogP contribution in [-0.2, 0) is 11.0 Å². The van der Waals surface area contributed by atoms with E-state index in [1.807, 2.05) is 6.07 Å². The maximum Gasteiger partial charge on any atom is 0.416 e. The smallest absolute Gasteiger partial charge is 0.326 e. The molecular formula is C18H13F3N2O. The molecular weight excluding hydrogens is 317 g/mol. The Bertz CT molecular complexity index is 823. The molecule has 1 aliphatic carbocycles. The number of nitriles is 1. The van der Waals surface area contributed by atoms with Gasteiger partial charge in [0.15, 0.2) is 0 Å². The van der Waals surface area contributed by atoms with Crippen molar-refractivity contribution in [2.24, 2.45) is 5.92 Å². The normalized spacial score (nSPS) is 19.4. The lowest BCUT2D eigenvalue weighted by Crippen LogP contribution is -2.15. The van der Waals surface area contributed by atoms with Crippen LogP contribution >= 0.6 is 0 Å². The largest absolute Gasteiger partial charge is 0.416 e. The van der Waals surface area contributed by atoms with Crippen molar-refractivity contribution in [3.8, 4) is 6.07 Å². The number of halogens is 3. The second-order valence-electron chi connectivity index (χ2n) is 5.72. The molecule has 0 bridgehead atoms. The Balaban J connectivity index is 1.74. The van der Waals surface area contributed by atoms with E-state index in [-0.39, 0.29) is 11.5 Å². The van der Waals surface area contributed by atoms with Gasteiger partial charge in [0.25, 0.3) is 0 Å². The number of amides is 1. The molecule has 6 heteroatoms. The quantitative estimate of drug-likeness (QED) is 0.911. The molecule has 2 unspecified atom stereocenters. The molecule has 1 N–H and O–H groups in total. The molecule has 1 saturated carbocycles. The summed E-state index contributed by atoms with van der Waals surface area (Å²) in [6.07, 6.45) is -4.04. The maximum absolute atomic E-state index is 13.1. The highest BCUT2D eigenvalue weighted by atomic mass is 19.4. The SMILES string of the molecule is N#Cc1cccc(NC(=O)C2CC2c2ccccc2C(F)(F)F)c1. The molecule has 3 nitrogen and oxygen atoms in total. The van der Waals surface area contributed by atoms with Gasteiger partial charge in [0, 0.05) is 11.6 Å². The van der Waals surface area contributed by atoms with Crippen LogP contribution in [0.1, 0.15) is 29.0 Å². The van der Waals surface area contributed by atoms with Gasteiger partial charge in [-0.3, -0.25) is 4.79 Å². The predicted molar refractivity (Wildman–Crippen MR) is 82.1 cm³/mol. The molecule has 0 saturated heterocycles. The molecule has 122 valence electrons. The third-order valence-electron chi connectivity index (χ3n) is 4.05. The summed E-state index contributed by atoms with van der Waals surface area (Å²) >= 11 is 0. The van der Waals surface area contributed by atoms with Crippen molar-refractivity contribution >= 4 is 11.6 Å². The fraction of sp³-hybridized carbons (Fsp3) is 0.222. The molecule has 0 spiro atoms. The lowest BCUT2D eigenvalue weighted by Gasteiger charge is -2.12. The Labute approximate surface area is 136 Å². The van der Waals surface area contributed by atoms with Gasteiger partial charge in [0.05, 0.1) is 17.2 Å². The summed E-state index contributed by atoms with van der Waals surface area (Å²) in [5, 5.41) is 11.5. The number of alkyl halides is 3. The summed E-state index contributed by atoms with van der Waals surface area (Å²) in [6, 6.07) is 13.7. The Kier molecular flexibility index (Phi) is 4.02. The zero-order valence-electron chi connectivity index (χ0n) is 12.5. The Morgan fingerprint density at radius 3 is 2.62 bits per heavy atom. The van der Waals surface area contributed by atoms with Crippen molar-refractivity contribution < 1.29 is 18.0 Å². The van der Waals surface area contributed by atoms with Crippen LogP contribution in [0.15, 0.2) is 48.5 Å². The van der Waals surface area contributed by atoms with Gasteiger partial charge in [0.1, 0.15) is 0 Å². The number of nitrogens with one attached hydrogen (secondary N) is 1. The molecule has 24 heavy (non-hydrogen) atoms. The van der Waals surface area contributed by atoms with E-state index >= 15 is 0 Å². The highest BCUT2D eigenvalue weighted by Crippen LogP contribution is 2.51. The van der Waals surface area contributed by atoms with Crippen molar-refractivity contribution in [1.82, 2.24) is 0 Å². The summed E-state index contributed by atoms with van der Waals surface area (Å²) < 4.78 is 39.2. The Morgan fingerprint density at radius 1 is 1.17 bits per heavy atom. The van der Waals surface area contributed by atoms with Crippen LogP contribution in [0.2, 0.25) is 0 Å². The zero-order valence-corrected chi connectivity index (χ0v) is 12.5. The Morgan fingerprint density at radius 2 is 1.92 bits per heavy atom. The standard InChI is InChI=1S/C18H13F3N2O/c19-18(20,21)16-7-2-1-6-13(16)14-9-15(14)17(24)23-12-5-3-4-11(8-12)10-22/h1-8,14-15H,9H2,(H,23,24). The average Bonchev–Trinajstić information content (AvgIpc) is 3.35. The lowest BCUT2D eigenvalue weighted by atomic mass is 10.0. The molecule has 0 radical (unpaired) electrons. The minimum atomic E-state index is -4.43. The van der Waals surface area contributed by atoms with Gasteiger partial charge in [-0.05, 0) is 42.2 Å². The second kappa shape index (κ2) is 6.00. The van der Waals surface area contributed by atoms with Gasteiger partial charge in [-0.2, -0.15) is 18.4 Å². The zero-order chi connectivity index (χ0) is 17.3. The fourth-order valence-corrected chi connectivity index (χ4v) is 2.81. The lowest BCUT2D eigenvalue weighted by molar-refractivity contribution is -0.138. The first-order valence-corrected chi connectivity index (χ1v) is 7.37. The molecule has 2 aromatic carbocycles. The number of hydrogen-bond donors (Lipinski definition) is 1. The van der Waals surface area contributed by atoms with Crippen molar-refractivity contribution in [2.45, 2.75) is 18.5 Å². The third-order valence-corrected chi connectivity index (χ3v) is 4.05. The van der Waals surface area contributed by atoms with Crippen molar-refractivity contribution in [3.05, 3.63) is 65.2 Å². The van der Waals surface area contributed by atoms with Crippen LogP contribution in [0.5, 0.6) is 0 Å². The van der Waals surface area contributed by atoms with Crippen LogP contribution in [-0.4, -0.2) is 5.91 Å². The average molecular weight is 330 g/mol. The predicted octanol–water partition coefficient (Wildman–Crippen LogP) is 4.32. The van der Waals surface area contributed by atoms with Crippen LogP contribution < -0.4 is 5.32 Å². The van der Waals surface area contributed by atoms with Crippen molar-refractivity contribution in [1.29, 1.82) is 5.26 Å². The van der Waals surface area contributed by atoms with Crippen molar-refractivity contribution in [3.63, 3.8) is 0 Å². The first-order chi connectivity index (χ1) is 11.4. The van der Waals surface area contributed by atoms with E-state index in [0.29, 0.717) is 17.7 Å². The number of nitrogens with zero attached hydrogens (tertiary/aromatic N) is 1. The summed E-state index contributed by atoms with van der Waals surface area (Å²) in [7, 11) is 0. The monoisotopic (exact) mass is 330 g/mol. The fourth-order valence-electron chi connectivity index (χ4n) is 2.81. The molecule has 1 fully saturated rings. The van der Waals surface area contributed by atoms with E-state index in [2.05, 4.69) is 5.32 Å². The summed E-state index contributed by atoms with van der Waals surface area (Å²) in [5.41, 5.74) is 0.351. The van der Waals surface area contributed by atoms with E-state index in [0.717, 1.165) is 6.07 Å². The Hall–Kier alpha value is -2.81. The first kappa shape index (κ1) is 16.1. The van der Waals surface area contributed by atoms with E-state index < -0.39 is 23.6 Å². The number of hydrogen-bond acceptors (Lipinski definition) is 2. The number of benzene rings is 2. The van der Waals surface area contributed by atoms with Gasteiger partial charge in [-0.15, -0.1) is 0 Å². The van der Waals surface area contributed by atoms with Crippen LogP contribution in [0.25, 0.3) is 0 Å². The topological polar surface area (TPSA) is 52.9 Å². The summed E-state index contributed by atoms with van der Waals surface area (Å²) in [4.78, 5) is 12.2. The van der Waals surface area contributed by atoms with Crippen LogP contribution in [0.4, 0.5) is 18.9 Å². The van der Waals surface area contributed by atoms with Gasteiger partial charge in [-0.25, -0.2) is 0 Å². The molecule has 3 rings (SSSR count). The molecule has 0 aromatic heterocycles. The number of anilines is 1. The number of carbonyl (C=O) groups excluding carboxylic acids is 1. The van der Waals surface area contributed by atoms with Crippen molar-refractivity contribution in [2.75, 3.05) is 5.32 Å². The maximum atomic E-state index is 13.1. The molecule has 0 aliphatic heterocycles. The highest BCUT2D eigenvalue weighted by molar-refractivity contribution is 5.95.